The van der Waals surface area contributed by atoms with Crippen molar-refractivity contribution in [3.8, 4) is 0 Å². The lowest BCUT2D eigenvalue weighted by atomic mass is 10.2. The molecule has 3 nitrogen and oxygen atoms in total. The number of rotatable bonds is 3. The summed E-state index contributed by atoms with van der Waals surface area (Å²) in [5.74, 6) is 0. The molecule has 1 N–H and O–H groups in total. The van der Waals surface area contributed by atoms with Gasteiger partial charge in [0, 0.05) is 25.7 Å². The molecule has 1 aromatic rings. The molecule has 1 rings (SSSR count). The van der Waals surface area contributed by atoms with E-state index in [1.54, 1.807) is 0 Å². The second-order valence-electron chi connectivity index (χ2n) is 3.13. The van der Waals surface area contributed by atoms with Crippen LogP contribution in [0.2, 0.25) is 0 Å². The summed E-state index contributed by atoms with van der Waals surface area (Å²) in [6, 6.07) is 0. The van der Waals surface area contributed by atoms with Gasteiger partial charge in [0.05, 0.1) is 5.69 Å². The lowest BCUT2D eigenvalue weighted by Gasteiger charge is -1.96. The quantitative estimate of drug-likeness (QED) is 0.721. The summed E-state index contributed by atoms with van der Waals surface area (Å²) >= 11 is 0. The van der Waals surface area contributed by atoms with E-state index in [9.17, 15) is 0 Å². The molecule has 0 fully saturated rings. The first-order valence-electron chi connectivity index (χ1n) is 4.30. The maximum Gasteiger partial charge on any atom is 0.0669 e. The number of nitrogens with zero attached hydrogens (tertiary/aromatic N) is 2. The third-order valence-corrected chi connectivity index (χ3v) is 2.34. The van der Waals surface area contributed by atoms with Gasteiger partial charge in [-0.2, -0.15) is 5.10 Å². The highest BCUT2D eigenvalue weighted by Gasteiger charge is 2.06. The predicted molar refractivity (Wildman–Crippen MR) is 50.3 cm³/mol. The van der Waals surface area contributed by atoms with Gasteiger partial charge in [0.2, 0.25) is 0 Å². The van der Waals surface area contributed by atoms with Crippen molar-refractivity contribution in [2.24, 2.45) is 7.05 Å². The van der Waals surface area contributed by atoms with Crippen molar-refractivity contribution < 1.29 is 0 Å². The molecule has 0 aliphatic rings. The fourth-order valence-electron chi connectivity index (χ4n) is 1.26. The van der Waals surface area contributed by atoms with Gasteiger partial charge in [-0.05, 0) is 26.5 Å². The third kappa shape index (κ3) is 1.67. The maximum absolute atomic E-state index is 4.42. The van der Waals surface area contributed by atoms with E-state index in [2.05, 4.69) is 24.3 Å². The van der Waals surface area contributed by atoms with Gasteiger partial charge in [0.1, 0.15) is 0 Å². The highest BCUT2D eigenvalue weighted by atomic mass is 15.3. The molecule has 0 saturated carbocycles. The van der Waals surface area contributed by atoms with Gasteiger partial charge < -0.3 is 5.32 Å². The van der Waals surface area contributed by atoms with Gasteiger partial charge in [-0.1, -0.05) is 0 Å². The van der Waals surface area contributed by atoms with Crippen molar-refractivity contribution in [1.82, 2.24) is 15.1 Å². The topological polar surface area (TPSA) is 29.9 Å². The summed E-state index contributed by atoms with van der Waals surface area (Å²) in [5.41, 5.74) is 3.80. The van der Waals surface area contributed by atoms with Gasteiger partial charge in [0.25, 0.3) is 0 Å². The molecule has 3 heteroatoms. The van der Waals surface area contributed by atoms with Crippen LogP contribution in [0, 0.1) is 13.8 Å². The Balaban J connectivity index is 2.79. The van der Waals surface area contributed by atoms with Gasteiger partial charge >= 0.3 is 0 Å². The molecule has 0 spiro atoms. The van der Waals surface area contributed by atoms with Crippen LogP contribution in [0.15, 0.2) is 0 Å². The smallest absolute Gasteiger partial charge is 0.0669 e. The molecule has 0 amide bonds. The first-order chi connectivity index (χ1) is 5.66. The van der Waals surface area contributed by atoms with Crippen LogP contribution in [0.25, 0.3) is 0 Å². The Morgan fingerprint density at radius 1 is 1.42 bits per heavy atom. The monoisotopic (exact) mass is 167 g/mol. The SMILES string of the molecule is CNCCc1nn(C)c(C)c1C. The van der Waals surface area contributed by atoms with Crippen LogP contribution in [0.4, 0.5) is 0 Å². The Kier molecular flexibility index (Phi) is 2.87. The van der Waals surface area contributed by atoms with E-state index in [1.807, 2.05) is 18.8 Å². The average Bonchev–Trinajstić information content (AvgIpc) is 2.30. The molecule has 12 heavy (non-hydrogen) atoms. The van der Waals surface area contributed by atoms with Crippen LogP contribution in [0.3, 0.4) is 0 Å². The molecule has 0 saturated heterocycles. The molecule has 0 aliphatic carbocycles. The Hall–Kier alpha value is -0.830. The van der Waals surface area contributed by atoms with Crippen LogP contribution in [0.1, 0.15) is 17.0 Å². The number of aromatic nitrogens is 2. The third-order valence-electron chi connectivity index (χ3n) is 2.34. The highest BCUT2D eigenvalue weighted by molar-refractivity contribution is 5.23. The van der Waals surface area contributed by atoms with Crippen molar-refractivity contribution in [1.29, 1.82) is 0 Å². The fourth-order valence-corrected chi connectivity index (χ4v) is 1.26. The van der Waals surface area contributed by atoms with Crippen molar-refractivity contribution >= 4 is 0 Å². The molecule has 0 aliphatic heterocycles. The van der Waals surface area contributed by atoms with Crippen molar-refractivity contribution in [2.75, 3.05) is 13.6 Å². The van der Waals surface area contributed by atoms with E-state index in [1.165, 1.54) is 17.0 Å². The van der Waals surface area contributed by atoms with E-state index in [0.29, 0.717) is 0 Å². The number of aryl methyl sites for hydroxylation is 1. The minimum atomic E-state index is 0.997. The fraction of sp³-hybridized carbons (Fsp3) is 0.667. The Bertz CT molecular complexity index is 263. The normalized spacial score (nSPS) is 10.7. The van der Waals surface area contributed by atoms with E-state index in [4.69, 9.17) is 0 Å². The van der Waals surface area contributed by atoms with Crippen LogP contribution >= 0.6 is 0 Å². The molecule has 1 aromatic heterocycles. The minimum Gasteiger partial charge on any atom is -0.319 e. The van der Waals surface area contributed by atoms with Crippen LogP contribution in [0.5, 0.6) is 0 Å². The van der Waals surface area contributed by atoms with Crippen molar-refractivity contribution in [3.05, 3.63) is 17.0 Å². The molecule has 0 unspecified atom stereocenters. The van der Waals surface area contributed by atoms with Crippen LogP contribution < -0.4 is 5.32 Å². The predicted octanol–water partition coefficient (Wildman–Crippen LogP) is 0.799. The number of nitrogens with one attached hydrogen (secondary N) is 1. The van der Waals surface area contributed by atoms with E-state index >= 15 is 0 Å². The Morgan fingerprint density at radius 2 is 2.08 bits per heavy atom. The first-order valence-corrected chi connectivity index (χ1v) is 4.30. The highest BCUT2D eigenvalue weighted by Crippen LogP contribution is 2.10. The van der Waals surface area contributed by atoms with Gasteiger partial charge in [-0.3, -0.25) is 4.68 Å². The lowest BCUT2D eigenvalue weighted by molar-refractivity contribution is 0.703. The summed E-state index contributed by atoms with van der Waals surface area (Å²) in [4.78, 5) is 0. The molecule has 0 bridgehead atoms. The zero-order valence-corrected chi connectivity index (χ0v) is 8.31. The van der Waals surface area contributed by atoms with Gasteiger partial charge in [-0.15, -0.1) is 0 Å². The summed E-state index contributed by atoms with van der Waals surface area (Å²) in [6.45, 7) is 5.23. The second-order valence-corrected chi connectivity index (χ2v) is 3.13. The molecule has 1 heterocycles. The van der Waals surface area contributed by atoms with Crippen LogP contribution in [-0.2, 0) is 13.5 Å². The molecule has 68 valence electrons. The summed E-state index contributed by atoms with van der Waals surface area (Å²) in [7, 11) is 3.95. The van der Waals surface area contributed by atoms with Crippen molar-refractivity contribution in [3.63, 3.8) is 0 Å². The standard InChI is InChI=1S/C9H17N3/c1-7-8(2)12(4)11-9(7)5-6-10-3/h10H,5-6H2,1-4H3. The van der Waals surface area contributed by atoms with E-state index in [0.717, 1.165) is 13.0 Å². The van der Waals surface area contributed by atoms with E-state index < -0.39 is 0 Å². The number of hydrogen-bond acceptors (Lipinski definition) is 2. The molecular formula is C9H17N3. The second kappa shape index (κ2) is 3.72. The van der Waals surface area contributed by atoms with Crippen molar-refractivity contribution in [2.45, 2.75) is 20.3 Å². The molecule has 0 radical (unpaired) electrons. The Labute approximate surface area is 73.8 Å². The van der Waals surface area contributed by atoms with Crippen LogP contribution in [-0.4, -0.2) is 23.4 Å². The lowest BCUT2D eigenvalue weighted by Crippen LogP contribution is -2.11. The number of hydrogen-bond donors (Lipinski definition) is 1. The summed E-state index contributed by atoms with van der Waals surface area (Å²) in [5, 5.41) is 7.55. The average molecular weight is 167 g/mol. The molecule has 0 atom stereocenters. The maximum atomic E-state index is 4.42. The summed E-state index contributed by atoms with van der Waals surface area (Å²) < 4.78 is 1.94. The first kappa shape index (κ1) is 9.26. The van der Waals surface area contributed by atoms with Gasteiger partial charge in [-0.25, -0.2) is 0 Å². The number of likely N-dealkylation sites (N-methyl/N-ethyl adjacent to an activating group) is 1. The zero-order valence-electron chi connectivity index (χ0n) is 8.31. The molecular weight excluding hydrogens is 150 g/mol. The molecule has 0 aromatic carbocycles. The minimum absolute atomic E-state index is 0.997. The zero-order chi connectivity index (χ0) is 9.14. The largest absolute Gasteiger partial charge is 0.319 e. The van der Waals surface area contributed by atoms with Gasteiger partial charge in [0.15, 0.2) is 0 Å². The Morgan fingerprint density at radius 3 is 2.50 bits per heavy atom. The summed E-state index contributed by atoms with van der Waals surface area (Å²) in [6.07, 6.45) is 1.02. The van der Waals surface area contributed by atoms with E-state index in [-0.39, 0.29) is 0 Å².